The van der Waals surface area contributed by atoms with Gasteiger partial charge in [-0.2, -0.15) is 0 Å². The molecule has 1 unspecified atom stereocenters. The lowest BCUT2D eigenvalue weighted by atomic mass is 10.1. The first-order valence-electron chi connectivity index (χ1n) is 9.44. The normalized spacial score (nSPS) is 17.3. The molecule has 150 valence electrons. The van der Waals surface area contributed by atoms with Crippen LogP contribution in [0.3, 0.4) is 0 Å². The second-order valence-corrected chi connectivity index (χ2v) is 6.92. The van der Waals surface area contributed by atoms with Crippen LogP contribution in [-0.4, -0.2) is 52.0 Å². The molecule has 0 aromatic carbocycles. The van der Waals surface area contributed by atoms with Gasteiger partial charge in [-0.05, 0) is 30.9 Å². The van der Waals surface area contributed by atoms with Gasteiger partial charge >= 0.3 is 0 Å². The number of aliphatic imine (C=N–C) groups is 1. The van der Waals surface area contributed by atoms with Crippen molar-refractivity contribution in [3.8, 4) is 0 Å². The number of rotatable bonds is 11. The maximum Gasteiger partial charge on any atom is 0.191 e. The summed E-state index contributed by atoms with van der Waals surface area (Å²) in [6, 6.07) is 3.91. The number of nitrogens with one attached hydrogen (secondary N) is 2. The van der Waals surface area contributed by atoms with Crippen LogP contribution in [0.4, 0.5) is 0 Å². The van der Waals surface area contributed by atoms with E-state index in [9.17, 15) is 0 Å². The van der Waals surface area contributed by atoms with Crippen molar-refractivity contribution in [1.82, 2.24) is 10.6 Å². The second kappa shape index (κ2) is 14.3. The number of guanidine groups is 1. The van der Waals surface area contributed by atoms with E-state index in [0.29, 0.717) is 11.8 Å². The van der Waals surface area contributed by atoms with Crippen LogP contribution in [0.15, 0.2) is 27.8 Å². The maximum absolute atomic E-state index is 5.62. The summed E-state index contributed by atoms with van der Waals surface area (Å²) in [4.78, 5) is 4.71. The molecule has 0 spiro atoms. The first kappa shape index (κ1) is 23.2. The van der Waals surface area contributed by atoms with Gasteiger partial charge in [0, 0.05) is 51.8 Å². The number of hydrogen-bond acceptors (Lipinski definition) is 4. The molecule has 0 aliphatic carbocycles. The SMILES string of the molecule is CC(C)COCCCNC(=NCC1CCOC1)NCCc1ccco1.I. The van der Waals surface area contributed by atoms with Crippen molar-refractivity contribution in [1.29, 1.82) is 0 Å². The van der Waals surface area contributed by atoms with Crippen molar-refractivity contribution in [2.24, 2.45) is 16.8 Å². The lowest BCUT2D eigenvalue weighted by Crippen LogP contribution is -2.39. The van der Waals surface area contributed by atoms with E-state index < -0.39 is 0 Å². The highest BCUT2D eigenvalue weighted by Crippen LogP contribution is 2.12. The maximum atomic E-state index is 5.62. The van der Waals surface area contributed by atoms with Crippen LogP contribution in [0.25, 0.3) is 0 Å². The lowest BCUT2D eigenvalue weighted by molar-refractivity contribution is 0.108. The monoisotopic (exact) mass is 479 g/mol. The quantitative estimate of drug-likeness (QED) is 0.221. The molecule has 1 aliphatic heterocycles. The van der Waals surface area contributed by atoms with Crippen molar-refractivity contribution in [3.05, 3.63) is 24.2 Å². The molecular weight excluding hydrogens is 445 g/mol. The van der Waals surface area contributed by atoms with Crippen LogP contribution in [-0.2, 0) is 15.9 Å². The predicted octanol–water partition coefficient (Wildman–Crippen LogP) is 3.07. The van der Waals surface area contributed by atoms with Gasteiger partial charge in [-0.25, -0.2) is 0 Å². The summed E-state index contributed by atoms with van der Waals surface area (Å²) in [6.07, 6.45) is 4.63. The first-order chi connectivity index (χ1) is 12.2. The molecule has 2 rings (SSSR count). The van der Waals surface area contributed by atoms with Crippen molar-refractivity contribution in [3.63, 3.8) is 0 Å². The molecule has 1 atom stereocenters. The fraction of sp³-hybridized carbons (Fsp3) is 0.737. The summed E-state index contributed by atoms with van der Waals surface area (Å²) in [6.45, 7) is 10.1. The lowest BCUT2D eigenvalue weighted by Gasteiger charge is -2.14. The number of hydrogen-bond donors (Lipinski definition) is 2. The van der Waals surface area contributed by atoms with Crippen LogP contribution in [0.2, 0.25) is 0 Å². The Morgan fingerprint density at radius 2 is 2.19 bits per heavy atom. The zero-order valence-corrected chi connectivity index (χ0v) is 18.4. The average molecular weight is 479 g/mol. The van der Waals surface area contributed by atoms with E-state index in [2.05, 4.69) is 24.5 Å². The van der Waals surface area contributed by atoms with Gasteiger partial charge in [-0.1, -0.05) is 13.8 Å². The minimum absolute atomic E-state index is 0. The van der Waals surface area contributed by atoms with E-state index in [1.54, 1.807) is 6.26 Å². The minimum atomic E-state index is 0. The summed E-state index contributed by atoms with van der Waals surface area (Å²) in [5.41, 5.74) is 0. The number of furan rings is 1. The first-order valence-corrected chi connectivity index (χ1v) is 9.44. The highest BCUT2D eigenvalue weighted by Gasteiger charge is 2.15. The van der Waals surface area contributed by atoms with E-state index in [1.165, 1.54) is 0 Å². The highest BCUT2D eigenvalue weighted by atomic mass is 127. The molecule has 6 nitrogen and oxygen atoms in total. The van der Waals surface area contributed by atoms with Crippen LogP contribution in [0.5, 0.6) is 0 Å². The molecule has 0 radical (unpaired) electrons. The standard InChI is InChI=1S/C19H33N3O3.HI/c1-16(2)14-23-10-4-8-20-19(22-13-17-7-12-24-15-17)21-9-6-18-5-3-11-25-18;/h3,5,11,16-17H,4,6-10,12-15H2,1-2H3,(H2,20,21,22);1H. The minimum Gasteiger partial charge on any atom is -0.469 e. The Morgan fingerprint density at radius 1 is 1.35 bits per heavy atom. The third-order valence-electron chi connectivity index (χ3n) is 3.98. The number of nitrogens with zero attached hydrogens (tertiary/aromatic N) is 1. The molecule has 0 saturated carbocycles. The van der Waals surface area contributed by atoms with Crippen molar-refractivity contribution < 1.29 is 13.9 Å². The molecule has 26 heavy (non-hydrogen) atoms. The Morgan fingerprint density at radius 3 is 2.88 bits per heavy atom. The van der Waals surface area contributed by atoms with Crippen molar-refractivity contribution in [2.75, 3.05) is 46.1 Å². The summed E-state index contributed by atoms with van der Waals surface area (Å²) in [7, 11) is 0. The van der Waals surface area contributed by atoms with Gasteiger partial charge in [-0.3, -0.25) is 4.99 Å². The van der Waals surface area contributed by atoms with Gasteiger partial charge < -0.3 is 24.5 Å². The Kier molecular flexibility index (Phi) is 12.8. The summed E-state index contributed by atoms with van der Waals surface area (Å²) < 4.78 is 16.4. The van der Waals surface area contributed by atoms with E-state index in [4.69, 9.17) is 18.9 Å². The number of ether oxygens (including phenoxy) is 2. The molecule has 0 amide bonds. The Bertz CT molecular complexity index is 474. The van der Waals surface area contributed by atoms with Gasteiger partial charge in [0.25, 0.3) is 0 Å². The Labute approximate surface area is 174 Å². The fourth-order valence-corrected chi connectivity index (χ4v) is 2.58. The smallest absolute Gasteiger partial charge is 0.191 e. The summed E-state index contributed by atoms with van der Waals surface area (Å²) in [5, 5.41) is 6.79. The second-order valence-electron chi connectivity index (χ2n) is 6.92. The molecule has 0 bridgehead atoms. The average Bonchev–Trinajstić information content (AvgIpc) is 3.28. The van der Waals surface area contributed by atoms with E-state index in [1.807, 2.05) is 12.1 Å². The van der Waals surface area contributed by atoms with Crippen molar-refractivity contribution >= 4 is 29.9 Å². The van der Waals surface area contributed by atoms with Gasteiger partial charge in [0.1, 0.15) is 5.76 Å². The van der Waals surface area contributed by atoms with Gasteiger partial charge in [-0.15, -0.1) is 24.0 Å². The molecule has 1 aromatic heterocycles. The summed E-state index contributed by atoms with van der Waals surface area (Å²) in [5.74, 6) is 2.97. The Hall–Kier alpha value is -0.800. The molecule has 1 aromatic rings. The van der Waals surface area contributed by atoms with Crippen LogP contribution in [0.1, 0.15) is 32.4 Å². The molecule has 1 aliphatic rings. The largest absolute Gasteiger partial charge is 0.469 e. The molecule has 2 heterocycles. The fourth-order valence-electron chi connectivity index (χ4n) is 2.58. The zero-order valence-electron chi connectivity index (χ0n) is 16.0. The predicted molar refractivity (Wildman–Crippen MR) is 115 cm³/mol. The summed E-state index contributed by atoms with van der Waals surface area (Å²) >= 11 is 0. The van der Waals surface area contributed by atoms with E-state index in [0.717, 1.165) is 77.0 Å². The molecule has 1 fully saturated rings. The molecule has 7 heteroatoms. The Balaban J connectivity index is 0.00000338. The molecular formula is C19H34IN3O3. The van der Waals surface area contributed by atoms with Crippen molar-refractivity contribution in [2.45, 2.75) is 33.1 Å². The van der Waals surface area contributed by atoms with Gasteiger partial charge in [0.15, 0.2) is 5.96 Å². The van der Waals surface area contributed by atoms with Gasteiger partial charge in [0.2, 0.25) is 0 Å². The van der Waals surface area contributed by atoms with E-state index in [-0.39, 0.29) is 24.0 Å². The van der Waals surface area contributed by atoms with Crippen LogP contribution >= 0.6 is 24.0 Å². The molecule has 2 N–H and O–H groups in total. The number of halogens is 1. The third kappa shape index (κ3) is 10.4. The third-order valence-corrected chi connectivity index (χ3v) is 3.98. The molecule has 1 saturated heterocycles. The van der Waals surface area contributed by atoms with Crippen LogP contribution < -0.4 is 10.6 Å². The topological polar surface area (TPSA) is 68.0 Å². The highest BCUT2D eigenvalue weighted by molar-refractivity contribution is 14.0. The zero-order chi connectivity index (χ0) is 17.7. The van der Waals surface area contributed by atoms with Gasteiger partial charge in [0.05, 0.1) is 12.9 Å². The van der Waals surface area contributed by atoms with Crippen LogP contribution in [0, 0.1) is 11.8 Å². The van der Waals surface area contributed by atoms with E-state index >= 15 is 0 Å².